The fourth-order valence-corrected chi connectivity index (χ4v) is 3.15. The molecule has 2 N–H and O–H groups in total. The Morgan fingerprint density at radius 2 is 1.92 bits per heavy atom. The molecule has 4 atom stereocenters. The first-order valence-electron chi connectivity index (χ1n) is 8.72. The van der Waals surface area contributed by atoms with E-state index < -0.39 is 17.9 Å². The van der Waals surface area contributed by atoms with Gasteiger partial charge in [-0.15, -0.1) is 0 Å². The van der Waals surface area contributed by atoms with E-state index in [1.807, 2.05) is 44.2 Å². The highest BCUT2D eigenvalue weighted by molar-refractivity contribution is 5.91. The van der Waals surface area contributed by atoms with Gasteiger partial charge in [0, 0.05) is 13.0 Å². The quantitative estimate of drug-likeness (QED) is 0.792. The van der Waals surface area contributed by atoms with Crippen molar-refractivity contribution in [3.63, 3.8) is 0 Å². The zero-order valence-corrected chi connectivity index (χ0v) is 14.9. The number of carbonyl (C=O) groups is 3. The molecule has 6 heteroatoms. The first-order chi connectivity index (χ1) is 11.8. The number of benzene rings is 1. The second-order valence-electron chi connectivity index (χ2n) is 6.74. The first-order valence-corrected chi connectivity index (χ1v) is 8.72. The van der Waals surface area contributed by atoms with Gasteiger partial charge >= 0.3 is 5.97 Å². The molecule has 0 spiro atoms. The summed E-state index contributed by atoms with van der Waals surface area (Å²) in [5.74, 6) is -2.15. The van der Waals surface area contributed by atoms with Crippen molar-refractivity contribution in [1.82, 2.24) is 10.2 Å². The number of rotatable bonds is 7. The standard InChI is InChI=1S/C19H26N2O4/c1-4-12(2)17(19(24)25)20-18(23)15-10-16(22)21(11-15)13(3)14-8-6-5-7-9-14/h5-9,12-13,15,17H,4,10-11H2,1-3H3,(H,20,23)(H,24,25). The normalized spacial score (nSPS) is 20.8. The van der Waals surface area contributed by atoms with E-state index in [0.29, 0.717) is 13.0 Å². The second kappa shape index (κ2) is 8.14. The van der Waals surface area contributed by atoms with Crippen LogP contribution in [0.1, 0.15) is 45.2 Å². The molecule has 4 unspecified atom stereocenters. The zero-order chi connectivity index (χ0) is 18.6. The van der Waals surface area contributed by atoms with Gasteiger partial charge in [-0.1, -0.05) is 50.6 Å². The Balaban J connectivity index is 2.03. The molecular formula is C19H26N2O4. The highest BCUT2D eigenvalue weighted by Gasteiger charge is 2.38. The third-order valence-corrected chi connectivity index (χ3v) is 5.06. The Hall–Kier alpha value is -2.37. The Labute approximate surface area is 148 Å². The smallest absolute Gasteiger partial charge is 0.326 e. The van der Waals surface area contributed by atoms with Crippen LogP contribution < -0.4 is 5.32 Å². The summed E-state index contributed by atoms with van der Waals surface area (Å²) in [6.45, 7) is 5.93. The minimum Gasteiger partial charge on any atom is -0.480 e. The molecule has 136 valence electrons. The van der Waals surface area contributed by atoms with Crippen molar-refractivity contribution in [1.29, 1.82) is 0 Å². The van der Waals surface area contributed by atoms with E-state index in [2.05, 4.69) is 5.32 Å². The number of hydrogen-bond acceptors (Lipinski definition) is 3. The number of carboxylic acids is 1. The lowest BCUT2D eigenvalue weighted by Gasteiger charge is -2.26. The van der Waals surface area contributed by atoms with Gasteiger partial charge in [-0.05, 0) is 18.4 Å². The van der Waals surface area contributed by atoms with Gasteiger partial charge in [0.2, 0.25) is 11.8 Å². The van der Waals surface area contributed by atoms with Crippen LogP contribution in [0.3, 0.4) is 0 Å². The summed E-state index contributed by atoms with van der Waals surface area (Å²) in [6.07, 6.45) is 0.772. The van der Waals surface area contributed by atoms with Crippen molar-refractivity contribution < 1.29 is 19.5 Å². The largest absolute Gasteiger partial charge is 0.480 e. The summed E-state index contributed by atoms with van der Waals surface area (Å²) in [5.41, 5.74) is 1.01. The number of carbonyl (C=O) groups excluding carboxylic acids is 2. The maximum atomic E-state index is 12.5. The van der Waals surface area contributed by atoms with E-state index in [-0.39, 0.29) is 30.2 Å². The molecule has 1 aromatic rings. The van der Waals surface area contributed by atoms with E-state index in [4.69, 9.17) is 0 Å². The molecule has 0 aromatic heterocycles. The lowest BCUT2D eigenvalue weighted by molar-refractivity contribution is -0.144. The van der Waals surface area contributed by atoms with Gasteiger partial charge in [-0.25, -0.2) is 4.79 Å². The number of likely N-dealkylation sites (tertiary alicyclic amines) is 1. The van der Waals surface area contributed by atoms with E-state index in [0.717, 1.165) is 5.56 Å². The molecule has 1 aliphatic rings. The zero-order valence-electron chi connectivity index (χ0n) is 14.9. The number of carboxylic acid groups (broad SMARTS) is 1. The van der Waals surface area contributed by atoms with E-state index in [1.165, 1.54) is 0 Å². The Kier molecular flexibility index (Phi) is 6.17. The van der Waals surface area contributed by atoms with Crippen molar-refractivity contribution in [2.45, 2.75) is 45.7 Å². The van der Waals surface area contributed by atoms with Gasteiger partial charge < -0.3 is 15.3 Å². The number of amides is 2. The van der Waals surface area contributed by atoms with Gasteiger partial charge in [0.25, 0.3) is 0 Å². The molecule has 0 aliphatic carbocycles. The lowest BCUT2D eigenvalue weighted by Crippen LogP contribution is -2.47. The number of nitrogens with zero attached hydrogens (tertiary/aromatic N) is 1. The molecule has 0 saturated carbocycles. The van der Waals surface area contributed by atoms with Crippen molar-refractivity contribution in [3.8, 4) is 0 Å². The summed E-state index contributed by atoms with van der Waals surface area (Å²) in [4.78, 5) is 37.9. The third kappa shape index (κ3) is 4.38. The van der Waals surface area contributed by atoms with Crippen LogP contribution in [0.5, 0.6) is 0 Å². The molecule has 1 heterocycles. The summed E-state index contributed by atoms with van der Waals surface area (Å²) in [5, 5.41) is 11.9. The summed E-state index contributed by atoms with van der Waals surface area (Å²) in [6, 6.07) is 8.62. The van der Waals surface area contributed by atoms with Crippen LogP contribution >= 0.6 is 0 Å². The molecule has 25 heavy (non-hydrogen) atoms. The maximum Gasteiger partial charge on any atom is 0.326 e. The minimum absolute atomic E-state index is 0.0769. The highest BCUT2D eigenvalue weighted by atomic mass is 16.4. The number of nitrogens with one attached hydrogen (secondary N) is 1. The topological polar surface area (TPSA) is 86.7 Å². The van der Waals surface area contributed by atoms with Gasteiger partial charge in [0.15, 0.2) is 0 Å². The van der Waals surface area contributed by atoms with Crippen LogP contribution in [0, 0.1) is 11.8 Å². The molecule has 1 saturated heterocycles. The summed E-state index contributed by atoms with van der Waals surface area (Å²) >= 11 is 0. The Bertz CT molecular complexity index is 632. The monoisotopic (exact) mass is 346 g/mol. The predicted molar refractivity (Wildman–Crippen MR) is 93.7 cm³/mol. The van der Waals surface area contributed by atoms with E-state index in [9.17, 15) is 19.5 Å². The average molecular weight is 346 g/mol. The van der Waals surface area contributed by atoms with Crippen LogP contribution in [0.15, 0.2) is 30.3 Å². The molecular weight excluding hydrogens is 320 g/mol. The van der Waals surface area contributed by atoms with Crippen molar-refractivity contribution in [2.75, 3.05) is 6.54 Å². The summed E-state index contributed by atoms with van der Waals surface area (Å²) < 4.78 is 0. The third-order valence-electron chi connectivity index (χ3n) is 5.06. The van der Waals surface area contributed by atoms with Crippen molar-refractivity contribution >= 4 is 17.8 Å². The lowest BCUT2D eigenvalue weighted by atomic mass is 9.98. The first kappa shape index (κ1) is 19.0. The van der Waals surface area contributed by atoms with Crippen LogP contribution in [0.25, 0.3) is 0 Å². The second-order valence-corrected chi connectivity index (χ2v) is 6.74. The summed E-state index contributed by atoms with van der Waals surface area (Å²) in [7, 11) is 0. The predicted octanol–water partition coefficient (Wildman–Crippen LogP) is 2.21. The van der Waals surface area contributed by atoms with Crippen LogP contribution in [0.2, 0.25) is 0 Å². The highest BCUT2D eigenvalue weighted by Crippen LogP contribution is 2.28. The molecule has 0 bridgehead atoms. The van der Waals surface area contributed by atoms with E-state index in [1.54, 1.807) is 11.8 Å². The molecule has 2 rings (SSSR count). The van der Waals surface area contributed by atoms with Crippen LogP contribution in [-0.2, 0) is 14.4 Å². The van der Waals surface area contributed by atoms with Crippen LogP contribution in [-0.4, -0.2) is 40.4 Å². The van der Waals surface area contributed by atoms with Gasteiger partial charge in [0.1, 0.15) is 6.04 Å². The Morgan fingerprint density at radius 1 is 1.28 bits per heavy atom. The average Bonchev–Trinajstić information content (AvgIpc) is 3.00. The van der Waals surface area contributed by atoms with Gasteiger partial charge in [-0.2, -0.15) is 0 Å². The van der Waals surface area contributed by atoms with Crippen LogP contribution in [0.4, 0.5) is 0 Å². The molecule has 0 radical (unpaired) electrons. The van der Waals surface area contributed by atoms with Gasteiger partial charge in [-0.3, -0.25) is 9.59 Å². The number of hydrogen-bond donors (Lipinski definition) is 2. The maximum absolute atomic E-state index is 12.5. The molecule has 2 amide bonds. The molecule has 1 aromatic carbocycles. The van der Waals surface area contributed by atoms with Crippen molar-refractivity contribution in [3.05, 3.63) is 35.9 Å². The van der Waals surface area contributed by atoms with E-state index >= 15 is 0 Å². The minimum atomic E-state index is -1.04. The molecule has 1 aliphatic heterocycles. The SMILES string of the molecule is CCC(C)C(NC(=O)C1CC(=O)N(C(C)c2ccccc2)C1)C(=O)O. The molecule has 6 nitrogen and oxygen atoms in total. The molecule has 1 fully saturated rings. The number of aliphatic carboxylic acids is 1. The van der Waals surface area contributed by atoms with Gasteiger partial charge in [0.05, 0.1) is 12.0 Å². The fraction of sp³-hybridized carbons (Fsp3) is 0.526. The Morgan fingerprint density at radius 3 is 2.48 bits per heavy atom. The van der Waals surface area contributed by atoms with Crippen molar-refractivity contribution in [2.24, 2.45) is 11.8 Å². The fourth-order valence-electron chi connectivity index (χ4n) is 3.15.